The molecule has 0 unspecified atom stereocenters. The smallest absolute Gasteiger partial charge is 0.253 e. The van der Waals surface area contributed by atoms with Crippen molar-refractivity contribution in [2.24, 2.45) is 0 Å². The maximum atomic E-state index is 12.5. The second-order valence-corrected chi connectivity index (χ2v) is 6.51. The van der Waals surface area contributed by atoms with Crippen molar-refractivity contribution in [2.75, 3.05) is 13.6 Å². The average molecular weight is 315 g/mol. The number of aliphatic hydroxyl groups is 1. The number of aryl methyl sites for hydroxylation is 1. The Morgan fingerprint density at radius 2 is 2.13 bits per heavy atom. The van der Waals surface area contributed by atoms with Crippen LogP contribution in [-0.2, 0) is 13.0 Å². The van der Waals surface area contributed by atoms with Gasteiger partial charge in [-0.15, -0.1) is 0 Å². The van der Waals surface area contributed by atoms with E-state index in [4.69, 9.17) is 0 Å². The summed E-state index contributed by atoms with van der Waals surface area (Å²) < 4.78 is 1.81. The third-order valence-electron chi connectivity index (χ3n) is 3.77. The number of aromatic nitrogens is 2. The molecule has 0 aliphatic rings. The van der Waals surface area contributed by atoms with Gasteiger partial charge in [0.05, 0.1) is 12.1 Å². The standard InChI is InChI=1S/C18H25N3O2/c1-18(2,23)9-8-15-6-4-7-16(14-15)17(22)20(3)12-13-21-11-5-10-19-21/h4-7,10-11,14,23H,8-9,12-13H2,1-3H3. The molecule has 1 N–H and O–H groups in total. The van der Waals surface area contributed by atoms with Gasteiger partial charge < -0.3 is 10.0 Å². The van der Waals surface area contributed by atoms with E-state index in [1.165, 1.54) is 0 Å². The summed E-state index contributed by atoms with van der Waals surface area (Å²) in [6, 6.07) is 9.51. The molecule has 0 atom stereocenters. The van der Waals surface area contributed by atoms with Crippen molar-refractivity contribution in [2.45, 2.75) is 38.8 Å². The van der Waals surface area contributed by atoms with Crippen molar-refractivity contribution in [3.05, 3.63) is 53.9 Å². The summed E-state index contributed by atoms with van der Waals surface area (Å²) in [6.07, 6.45) is 5.03. The first-order valence-corrected chi connectivity index (χ1v) is 7.89. The van der Waals surface area contributed by atoms with Gasteiger partial charge in [0.15, 0.2) is 0 Å². The van der Waals surface area contributed by atoms with E-state index < -0.39 is 5.60 Å². The topological polar surface area (TPSA) is 58.4 Å². The summed E-state index contributed by atoms with van der Waals surface area (Å²) in [5, 5.41) is 14.0. The van der Waals surface area contributed by atoms with Gasteiger partial charge in [-0.05, 0) is 50.5 Å². The zero-order valence-corrected chi connectivity index (χ0v) is 14.1. The molecule has 0 aliphatic heterocycles. The van der Waals surface area contributed by atoms with Gasteiger partial charge in [-0.2, -0.15) is 5.10 Å². The summed E-state index contributed by atoms with van der Waals surface area (Å²) in [4.78, 5) is 14.2. The molecular weight excluding hydrogens is 290 g/mol. The number of nitrogens with zero attached hydrogens (tertiary/aromatic N) is 3. The number of likely N-dealkylation sites (N-methyl/N-ethyl adjacent to an activating group) is 1. The number of benzene rings is 1. The van der Waals surface area contributed by atoms with Crippen LogP contribution in [0.15, 0.2) is 42.7 Å². The van der Waals surface area contributed by atoms with Gasteiger partial charge in [-0.3, -0.25) is 9.48 Å². The molecule has 1 heterocycles. The molecule has 0 aliphatic carbocycles. The lowest BCUT2D eigenvalue weighted by Crippen LogP contribution is -2.30. The fourth-order valence-corrected chi connectivity index (χ4v) is 2.32. The molecule has 1 amide bonds. The lowest BCUT2D eigenvalue weighted by atomic mass is 9.98. The van der Waals surface area contributed by atoms with Crippen LogP contribution in [0.2, 0.25) is 0 Å². The molecule has 0 saturated carbocycles. The molecule has 0 radical (unpaired) electrons. The fourth-order valence-electron chi connectivity index (χ4n) is 2.32. The average Bonchev–Trinajstić information content (AvgIpc) is 3.03. The Morgan fingerprint density at radius 1 is 1.35 bits per heavy atom. The largest absolute Gasteiger partial charge is 0.390 e. The van der Waals surface area contributed by atoms with Gasteiger partial charge >= 0.3 is 0 Å². The molecule has 0 fully saturated rings. The number of hydrogen-bond donors (Lipinski definition) is 1. The Balaban J connectivity index is 1.95. The Labute approximate surface area is 137 Å². The molecule has 1 aromatic heterocycles. The summed E-state index contributed by atoms with van der Waals surface area (Å²) >= 11 is 0. The molecule has 124 valence electrons. The van der Waals surface area contributed by atoms with Crippen molar-refractivity contribution < 1.29 is 9.90 Å². The minimum Gasteiger partial charge on any atom is -0.390 e. The van der Waals surface area contributed by atoms with Crippen LogP contribution in [0.5, 0.6) is 0 Å². The van der Waals surface area contributed by atoms with Crippen LogP contribution in [0.25, 0.3) is 0 Å². The molecule has 2 rings (SSSR count). The zero-order chi connectivity index (χ0) is 16.9. The van der Waals surface area contributed by atoms with Crippen molar-refractivity contribution in [1.29, 1.82) is 0 Å². The lowest BCUT2D eigenvalue weighted by Gasteiger charge is -2.19. The monoisotopic (exact) mass is 315 g/mol. The molecule has 5 nitrogen and oxygen atoms in total. The van der Waals surface area contributed by atoms with Crippen LogP contribution in [0.3, 0.4) is 0 Å². The molecule has 0 saturated heterocycles. The predicted octanol–water partition coefficient (Wildman–Crippen LogP) is 2.36. The second kappa shape index (κ2) is 7.42. The van der Waals surface area contributed by atoms with E-state index in [0.717, 1.165) is 12.0 Å². The molecular formula is C18H25N3O2. The van der Waals surface area contributed by atoms with Crippen LogP contribution in [0, 0.1) is 0 Å². The van der Waals surface area contributed by atoms with Gasteiger partial charge in [0, 0.05) is 31.5 Å². The number of amides is 1. The third kappa shape index (κ3) is 5.53. The lowest BCUT2D eigenvalue weighted by molar-refractivity contribution is 0.0714. The first-order valence-electron chi connectivity index (χ1n) is 7.89. The van der Waals surface area contributed by atoms with Crippen LogP contribution in [0.4, 0.5) is 0 Å². The van der Waals surface area contributed by atoms with Gasteiger partial charge in [0.25, 0.3) is 5.91 Å². The first kappa shape index (κ1) is 17.2. The van der Waals surface area contributed by atoms with E-state index in [9.17, 15) is 9.90 Å². The molecule has 5 heteroatoms. The molecule has 1 aromatic carbocycles. The highest BCUT2D eigenvalue weighted by atomic mass is 16.3. The fraction of sp³-hybridized carbons (Fsp3) is 0.444. The number of carbonyl (C=O) groups is 1. The van der Waals surface area contributed by atoms with Gasteiger partial charge in [-0.1, -0.05) is 12.1 Å². The Hall–Kier alpha value is -2.14. The van der Waals surface area contributed by atoms with Crippen molar-refractivity contribution in [3.8, 4) is 0 Å². The Morgan fingerprint density at radius 3 is 2.78 bits per heavy atom. The Bertz CT molecular complexity index is 630. The van der Waals surface area contributed by atoms with Crippen LogP contribution in [0.1, 0.15) is 36.2 Å². The highest BCUT2D eigenvalue weighted by Crippen LogP contribution is 2.15. The normalized spacial score (nSPS) is 11.5. The van der Waals surface area contributed by atoms with E-state index in [-0.39, 0.29) is 5.91 Å². The van der Waals surface area contributed by atoms with Crippen molar-refractivity contribution in [3.63, 3.8) is 0 Å². The van der Waals surface area contributed by atoms with Gasteiger partial charge in [0.1, 0.15) is 0 Å². The van der Waals surface area contributed by atoms with E-state index in [2.05, 4.69) is 5.10 Å². The first-order chi connectivity index (χ1) is 10.8. The van der Waals surface area contributed by atoms with Gasteiger partial charge in [-0.25, -0.2) is 0 Å². The van der Waals surface area contributed by atoms with Crippen LogP contribution >= 0.6 is 0 Å². The summed E-state index contributed by atoms with van der Waals surface area (Å²) in [7, 11) is 1.80. The van der Waals surface area contributed by atoms with E-state index in [1.807, 2.05) is 41.2 Å². The second-order valence-electron chi connectivity index (χ2n) is 6.51. The van der Waals surface area contributed by atoms with Crippen molar-refractivity contribution >= 4 is 5.91 Å². The number of hydrogen-bond acceptors (Lipinski definition) is 3. The van der Waals surface area contributed by atoms with E-state index in [1.54, 1.807) is 32.0 Å². The molecule has 0 bridgehead atoms. The van der Waals surface area contributed by atoms with Gasteiger partial charge in [0.2, 0.25) is 0 Å². The Kier molecular flexibility index (Phi) is 5.55. The molecule has 23 heavy (non-hydrogen) atoms. The number of rotatable bonds is 7. The highest BCUT2D eigenvalue weighted by Gasteiger charge is 2.14. The highest BCUT2D eigenvalue weighted by molar-refractivity contribution is 5.94. The molecule has 0 spiro atoms. The summed E-state index contributed by atoms with van der Waals surface area (Å²) in [5.41, 5.74) is 1.06. The molecule has 2 aromatic rings. The number of carbonyl (C=O) groups excluding carboxylic acids is 1. The summed E-state index contributed by atoms with van der Waals surface area (Å²) in [6.45, 7) is 4.87. The van der Waals surface area contributed by atoms with Crippen LogP contribution < -0.4 is 0 Å². The maximum absolute atomic E-state index is 12.5. The summed E-state index contributed by atoms with van der Waals surface area (Å²) in [5.74, 6) is 0.00210. The zero-order valence-electron chi connectivity index (χ0n) is 14.1. The minimum absolute atomic E-state index is 0.00210. The van der Waals surface area contributed by atoms with E-state index in [0.29, 0.717) is 25.1 Å². The minimum atomic E-state index is -0.694. The predicted molar refractivity (Wildman–Crippen MR) is 90.2 cm³/mol. The van der Waals surface area contributed by atoms with Crippen molar-refractivity contribution in [1.82, 2.24) is 14.7 Å². The van der Waals surface area contributed by atoms with E-state index >= 15 is 0 Å². The third-order valence-corrected chi connectivity index (χ3v) is 3.77. The maximum Gasteiger partial charge on any atom is 0.253 e. The SMILES string of the molecule is CN(CCn1cccn1)C(=O)c1cccc(CCC(C)(C)O)c1. The van der Waals surface area contributed by atoms with Crippen LogP contribution in [-0.4, -0.2) is 44.9 Å². The quantitative estimate of drug-likeness (QED) is 0.853.